The van der Waals surface area contributed by atoms with Gasteiger partial charge in [0.15, 0.2) is 0 Å². The van der Waals surface area contributed by atoms with E-state index in [9.17, 15) is 10.2 Å². The van der Waals surface area contributed by atoms with Crippen LogP contribution >= 0.6 is 0 Å². The predicted molar refractivity (Wildman–Crippen MR) is 131 cm³/mol. The summed E-state index contributed by atoms with van der Waals surface area (Å²) >= 11 is 0. The molecule has 2 N–H and O–H groups in total. The molecule has 0 spiro atoms. The summed E-state index contributed by atoms with van der Waals surface area (Å²) in [6.07, 6.45) is 6.59. The summed E-state index contributed by atoms with van der Waals surface area (Å²) in [4.78, 5) is 4.53. The van der Waals surface area contributed by atoms with Crippen LogP contribution in [0, 0.1) is 37.2 Å². The molecule has 4 unspecified atom stereocenters. The Bertz CT molecular complexity index is 1050. The molecule has 0 bridgehead atoms. The van der Waals surface area contributed by atoms with E-state index in [1.165, 1.54) is 16.3 Å². The molecule has 33 heavy (non-hydrogen) atoms. The van der Waals surface area contributed by atoms with Crippen molar-refractivity contribution in [1.29, 1.82) is 0 Å². The molecule has 5 rings (SSSR count). The summed E-state index contributed by atoms with van der Waals surface area (Å²) in [5, 5.41) is 22.6. The first kappa shape index (κ1) is 26.0. The van der Waals surface area contributed by atoms with Crippen LogP contribution in [0.4, 0.5) is 0 Å². The Kier molecular flexibility index (Phi) is 8.50. The third-order valence-corrected chi connectivity index (χ3v) is 7.97. The number of fused-ring (bicyclic) bond motifs is 2. The molecule has 2 fully saturated rings. The van der Waals surface area contributed by atoms with E-state index in [0.29, 0.717) is 5.92 Å². The van der Waals surface area contributed by atoms with Crippen LogP contribution in [0.1, 0.15) is 57.1 Å². The van der Waals surface area contributed by atoms with Crippen molar-refractivity contribution in [2.24, 2.45) is 17.3 Å². The zero-order valence-electron chi connectivity index (χ0n) is 20.1. The topological polar surface area (TPSA) is 53.4 Å². The number of aliphatic hydroxyl groups is 2. The van der Waals surface area contributed by atoms with Crippen LogP contribution in [0.3, 0.4) is 0 Å². The van der Waals surface area contributed by atoms with Gasteiger partial charge in [-0.15, -0.1) is 34.9 Å². The van der Waals surface area contributed by atoms with Crippen LogP contribution in [0.25, 0.3) is 22.0 Å². The summed E-state index contributed by atoms with van der Waals surface area (Å²) in [6.45, 7) is 8.51. The first-order chi connectivity index (χ1) is 15.4. The number of hydrogen-bond acceptors (Lipinski definition) is 3. The van der Waals surface area contributed by atoms with E-state index < -0.39 is 0 Å². The number of aliphatic hydroxyl groups excluding tert-OH is 2. The minimum absolute atomic E-state index is 0. The van der Waals surface area contributed by atoms with Crippen LogP contribution < -0.4 is 0 Å². The molecule has 1 radical (unpaired) electrons. The monoisotopic (exact) mass is 623 g/mol. The predicted octanol–water partition coefficient (Wildman–Crippen LogP) is 6.26. The summed E-state index contributed by atoms with van der Waals surface area (Å²) in [5.41, 5.74) is 4.59. The maximum Gasteiger partial charge on any atom is 0.0651 e. The second-order valence-corrected chi connectivity index (χ2v) is 9.84. The quantitative estimate of drug-likeness (QED) is 0.339. The molecule has 4 atom stereocenters. The van der Waals surface area contributed by atoms with Gasteiger partial charge in [0.25, 0.3) is 0 Å². The van der Waals surface area contributed by atoms with Crippen molar-refractivity contribution in [1.82, 2.24) is 4.98 Å². The fraction of sp³-hybridized carbons (Fsp3) is 0.483. The van der Waals surface area contributed by atoms with Crippen molar-refractivity contribution < 1.29 is 30.3 Å². The molecule has 0 saturated heterocycles. The number of hydrogen-bond donors (Lipinski definition) is 2. The van der Waals surface area contributed by atoms with Crippen LogP contribution in [0.15, 0.2) is 48.7 Å². The van der Waals surface area contributed by atoms with Gasteiger partial charge in [-0.1, -0.05) is 52.0 Å². The van der Waals surface area contributed by atoms with Crippen LogP contribution in [0.2, 0.25) is 0 Å². The number of pyridine rings is 1. The van der Waals surface area contributed by atoms with Gasteiger partial charge in [-0.3, -0.25) is 0 Å². The van der Waals surface area contributed by atoms with Crippen molar-refractivity contribution >= 4 is 10.8 Å². The van der Waals surface area contributed by atoms with Crippen LogP contribution in [-0.4, -0.2) is 27.4 Å². The molecule has 3 nitrogen and oxygen atoms in total. The number of aryl methyl sites for hydroxylation is 2. The summed E-state index contributed by atoms with van der Waals surface area (Å²) in [5.74, 6) is 0.759. The van der Waals surface area contributed by atoms with Crippen molar-refractivity contribution in [3.8, 4) is 11.3 Å². The Labute approximate surface area is 212 Å². The van der Waals surface area contributed by atoms with Gasteiger partial charge in [0, 0.05) is 32.2 Å². The molecule has 3 aromatic rings. The molecule has 1 aromatic heterocycles. The Morgan fingerprint density at radius 1 is 1.03 bits per heavy atom. The Hall–Kier alpha value is -1.58. The molecule has 2 aliphatic rings. The maximum atomic E-state index is 10.3. The third-order valence-electron chi connectivity index (χ3n) is 7.97. The van der Waals surface area contributed by atoms with Gasteiger partial charge < -0.3 is 15.2 Å². The Balaban J connectivity index is 0.000000186. The number of nitrogens with zero attached hydrogens (tertiary/aromatic N) is 1. The largest absolute Gasteiger partial charge is 0.393 e. The first-order valence-electron chi connectivity index (χ1n) is 12.1. The molecule has 2 aromatic carbocycles. The summed E-state index contributed by atoms with van der Waals surface area (Å²) in [7, 11) is 0. The normalized spacial score (nSPS) is 25.2. The fourth-order valence-electron chi connectivity index (χ4n) is 6.16. The number of benzene rings is 2. The van der Waals surface area contributed by atoms with Gasteiger partial charge in [-0.25, -0.2) is 0 Å². The zero-order valence-corrected chi connectivity index (χ0v) is 22.5. The first-order valence-corrected chi connectivity index (χ1v) is 12.1. The Morgan fingerprint density at radius 3 is 2.42 bits per heavy atom. The molecule has 2 saturated carbocycles. The summed E-state index contributed by atoms with van der Waals surface area (Å²) in [6, 6.07) is 18.0. The minimum atomic E-state index is -0.264. The van der Waals surface area contributed by atoms with Gasteiger partial charge >= 0.3 is 0 Å². The van der Waals surface area contributed by atoms with E-state index in [1.807, 2.05) is 12.3 Å². The maximum absolute atomic E-state index is 10.3. The molecule has 1 heterocycles. The molecule has 0 amide bonds. The average molecular weight is 623 g/mol. The minimum Gasteiger partial charge on any atom is -0.393 e. The smallest absolute Gasteiger partial charge is 0.0651 e. The van der Waals surface area contributed by atoms with Gasteiger partial charge in [0.05, 0.1) is 12.2 Å². The molecular weight excluding hydrogens is 587 g/mol. The van der Waals surface area contributed by atoms with Crippen LogP contribution in [0.5, 0.6) is 0 Å². The second kappa shape index (κ2) is 10.8. The SMILES string of the molecule is CCC1(CC)CC2CCC(O)C2C1O.Cc1[c-]c(-c2nccc3ccccc23)cc(C)c1.[Ir]. The van der Waals surface area contributed by atoms with Gasteiger partial charge in [0.2, 0.25) is 0 Å². The molecule has 4 heteroatoms. The van der Waals surface area contributed by atoms with Gasteiger partial charge in [-0.05, 0) is 66.0 Å². The summed E-state index contributed by atoms with van der Waals surface area (Å²) < 4.78 is 0. The zero-order chi connectivity index (χ0) is 22.9. The van der Waals surface area contributed by atoms with Crippen molar-refractivity contribution in [2.75, 3.05) is 0 Å². The molecular formula is C29H36IrNO2-. The van der Waals surface area contributed by atoms with E-state index in [-0.39, 0.29) is 43.6 Å². The molecule has 0 aliphatic heterocycles. The van der Waals surface area contributed by atoms with Crippen LogP contribution in [-0.2, 0) is 20.1 Å². The number of aromatic nitrogens is 1. The van der Waals surface area contributed by atoms with Crippen molar-refractivity contribution in [3.63, 3.8) is 0 Å². The standard InChI is InChI=1S/C17H14N.C12H22O2.Ir/c1-12-9-13(2)11-15(10-12)17-16-6-4-3-5-14(16)7-8-18-17;1-3-12(4-2)7-8-5-6-9(13)10(8)11(12)14;/h3-10H,1-2H3;8-11,13-14H,3-7H2,1-2H3;/q-1;;. The molecule has 2 aliphatic carbocycles. The van der Waals surface area contributed by atoms with Crippen molar-refractivity contribution in [2.45, 2.75) is 72.0 Å². The van der Waals surface area contributed by atoms with Gasteiger partial charge in [-0.2, -0.15) is 0 Å². The van der Waals surface area contributed by atoms with Crippen molar-refractivity contribution in [3.05, 3.63) is 65.9 Å². The number of rotatable bonds is 3. The van der Waals surface area contributed by atoms with E-state index in [4.69, 9.17) is 0 Å². The average Bonchev–Trinajstić information content (AvgIpc) is 3.30. The van der Waals surface area contributed by atoms with E-state index in [2.05, 4.69) is 75.1 Å². The third kappa shape index (κ3) is 5.10. The fourth-order valence-corrected chi connectivity index (χ4v) is 6.16. The van der Waals surface area contributed by atoms with E-state index in [1.54, 1.807) is 0 Å². The van der Waals surface area contributed by atoms with E-state index in [0.717, 1.165) is 48.9 Å². The second-order valence-electron chi connectivity index (χ2n) is 9.84. The Morgan fingerprint density at radius 2 is 1.76 bits per heavy atom. The molecule has 179 valence electrons. The van der Waals surface area contributed by atoms with E-state index >= 15 is 0 Å². The van der Waals surface area contributed by atoms with Gasteiger partial charge in [0.1, 0.15) is 0 Å².